The van der Waals surface area contributed by atoms with Crippen LogP contribution in [0.3, 0.4) is 0 Å². The highest BCUT2D eigenvalue weighted by atomic mass is 16.5. The maximum atomic E-state index is 8.95. The Bertz CT molecular complexity index is 463. The van der Waals surface area contributed by atoms with E-state index in [9.17, 15) is 0 Å². The van der Waals surface area contributed by atoms with E-state index in [1.807, 2.05) is 24.3 Å². The first-order valence-corrected chi connectivity index (χ1v) is 5.71. The van der Waals surface area contributed by atoms with Crippen LogP contribution in [0.2, 0.25) is 0 Å². The first-order chi connectivity index (χ1) is 8.33. The van der Waals surface area contributed by atoms with Crippen molar-refractivity contribution in [2.24, 2.45) is 0 Å². The number of hydrogen-bond donors (Lipinski definition) is 2. The number of nitrogens with zero attached hydrogens (tertiary/aromatic N) is 1. The lowest BCUT2D eigenvalue weighted by molar-refractivity contribution is 0.277. The van der Waals surface area contributed by atoms with E-state index in [1.165, 1.54) is 0 Å². The Morgan fingerprint density at radius 2 is 2.06 bits per heavy atom. The molecule has 0 aliphatic rings. The zero-order valence-electron chi connectivity index (χ0n) is 9.81. The van der Waals surface area contributed by atoms with Crippen LogP contribution in [0.25, 0.3) is 11.4 Å². The Morgan fingerprint density at radius 1 is 1.29 bits per heavy atom. The lowest BCUT2D eigenvalue weighted by atomic mass is 10.2. The highest BCUT2D eigenvalue weighted by Crippen LogP contribution is 2.20. The van der Waals surface area contributed by atoms with Gasteiger partial charge in [0, 0.05) is 5.56 Å². The van der Waals surface area contributed by atoms with Crippen molar-refractivity contribution in [3.8, 4) is 17.1 Å². The number of H-pyrrole nitrogens is 1. The molecule has 0 saturated heterocycles. The van der Waals surface area contributed by atoms with Gasteiger partial charge in [-0.3, -0.25) is 0 Å². The van der Waals surface area contributed by atoms with Crippen LogP contribution in [0.1, 0.15) is 19.0 Å². The molecule has 2 aromatic rings. The largest absolute Gasteiger partial charge is 0.494 e. The van der Waals surface area contributed by atoms with Crippen molar-refractivity contribution in [2.45, 2.75) is 20.0 Å². The Kier molecular flexibility index (Phi) is 3.77. The van der Waals surface area contributed by atoms with Gasteiger partial charge in [-0.15, -0.1) is 0 Å². The minimum absolute atomic E-state index is 0.0231. The van der Waals surface area contributed by atoms with Gasteiger partial charge < -0.3 is 14.8 Å². The molecule has 4 nitrogen and oxygen atoms in total. The summed E-state index contributed by atoms with van der Waals surface area (Å²) >= 11 is 0. The first-order valence-electron chi connectivity index (χ1n) is 5.71. The summed E-state index contributed by atoms with van der Waals surface area (Å²) in [6.07, 6.45) is 2.64. The van der Waals surface area contributed by atoms with Crippen LogP contribution in [0.15, 0.2) is 30.5 Å². The molecule has 17 heavy (non-hydrogen) atoms. The van der Waals surface area contributed by atoms with Gasteiger partial charge in [0.15, 0.2) is 0 Å². The normalized spacial score (nSPS) is 10.5. The topological polar surface area (TPSA) is 58.1 Å². The number of aliphatic hydroxyl groups excluding tert-OH is 1. The number of aromatic amines is 1. The van der Waals surface area contributed by atoms with Crippen molar-refractivity contribution in [3.63, 3.8) is 0 Å². The van der Waals surface area contributed by atoms with Crippen LogP contribution in [-0.4, -0.2) is 21.7 Å². The Hall–Kier alpha value is -1.81. The molecule has 0 bridgehead atoms. The molecule has 4 heteroatoms. The molecule has 90 valence electrons. The van der Waals surface area contributed by atoms with E-state index in [4.69, 9.17) is 9.84 Å². The van der Waals surface area contributed by atoms with Crippen LogP contribution < -0.4 is 4.74 Å². The second-order valence-electron chi connectivity index (χ2n) is 3.79. The highest BCUT2D eigenvalue weighted by molar-refractivity contribution is 5.56. The second kappa shape index (κ2) is 5.50. The summed E-state index contributed by atoms with van der Waals surface area (Å²) in [6, 6.07) is 7.74. The van der Waals surface area contributed by atoms with Crippen LogP contribution >= 0.6 is 0 Å². The summed E-state index contributed by atoms with van der Waals surface area (Å²) in [6.45, 7) is 2.78. The quantitative estimate of drug-likeness (QED) is 0.832. The molecule has 2 N–H and O–H groups in total. The lowest BCUT2D eigenvalue weighted by Crippen LogP contribution is -1.94. The lowest BCUT2D eigenvalue weighted by Gasteiger charge is -2.04. The maximum Gasteiger partial charge on any atom is 0.137 e. The molecular formula is C13H16N2O2. The van der Waals surface area contributed by atoms with E-state index in [0.29, 0.717) is 5.69 Å². The minimum Gasteiger partial charge on any atom is -0.494 e. The maximum absolute atomic E-state index is 8.95. The fraction of sp³-hybridized carbons (Fsp3) is 0.308. The average Bonchev–Trinajstić information content (AvgIpc) is 2.86. The van der Waals surface area contributed by atoms with Crippen LogP contribution in [0.5, 0.6) is 5.75 Å². The Balaban J connectivity index is 2.11. The molecule has 0 saturated carbocycles. The van der Waals surface area contributed by atoms with Gasteiger partial charge in [0.05, 0.1) is 25.1 Å². The van der Waals surface area contributed by atoms with Crippen LogP contribution in [0, 0.1) is 0 Å². The molecule has 0 spiro atoms. The zero-order chi connectivity index (χ0) is 12.1. The minimum atomic E-state index is -0.0231. The third kappa shape index (κ3) is 2.85. The smallest absolute Gasteiger partial charge is 0.137 e. The van der Waals surface area contributed by atoms with Gasteiger partial charge in [-0.25, -0.2) is 4.98 Å². The molecule has 0 fully saturated rings. The predicted octanol–water partition coefficient (Wildman–Crippen LogP) is 2.36. The van der Waals surface area contributed by atoms with Gasteiger partial charge >= 0.3 is 0 Å². The van der Waals surface area contributed by atoms with Crippen molar-refractivity contribution in [2.75, 3.05) is 6.61 Å². The van der Waals surface area contributed by atoms with Crippen LogP contribution in [-0.2, 0) is 6.61 Å². The molecule has 2 rings (SSSR count). The van der Waals surface area contributed by atoms with E-state index in [1.54, 1.807) is 6.20 Å². The molecule has 0 aliphatic carbocycles. The molecule has 0 aliphatic heterocycles. The van der Waals surface area contributed by atoms with E-state index in [-0.39, 0.29) is 6.61 Å². The summed E-state index contributed by atoms with van der Waals surface area (Å²) in [5.74, 6) is 1.63. The number of imidazole rings is 1. The summed E-state index contributed by atoms with van der Waals surface area (Å²) in [7, 11) is 0. The monoisotopic (exact) mass is 232 g/mol. The van der Waals surface area contributed by atoms with Crippen molar-refractivity contribution < 1.29 is 9.84 Å². The number of aromatic nitrogens is 2. The molecule has 0 radical (unpaired) electrons. The standard InChI is InChI=1S/C13H16N2O2/c1-2-7-17-12-5-3-10(4-6-12)13-14-8-11(9-16)15-13/h3-6,8,16H,2,7,9H2,1H3,(H,14,15). The fourth-order valence-corrected chi connectivity index (χ4v) is 1.52. The molecule has 0 amide bonds. The molecule has 1 heterocycles. The van der Waals surface area contributed by atoms with E-state index >= 15 is 0 Å². The number of aliphatic hydroxyl groups is 1. The van der Waals surface area contributed by atoms with E-state index < -0.39 is 0 Å². The van der Waals surface area contributed by atoms with Crippen molar-refractivity contribution >= 4 is 0 Å². The van der Waals surface area contributed by atoms with E-state index in [0.717, 1.165) is 30.2 Å². The van der Waals surface area contributed by atoms with E-state index in [2.05, 4.69) is 16.9 Å². The molecule has 1 aromatic carbocycles. The third-order valence-electron chi connectivity index (χ3n) is 2.40. The number of ether oxygens (including phenoxy) is 1. The first kappa shape index (κ1) is 11.7. The summed E-state index contributed by atoms with van der Waals surface area (Å²) in [5, 5.41) is 8.95. The van der Waals surface area contributed by atoms with Crippen molar-refractivity contribution in [3.05, 3.63) is 36.2 Å². The fourth-order valence-electron chi connectivity index (χ4n) is 1.52. The molecule has 0 unspecified atom stereocenters. The second-order valence-corrected chi connectivity index (χ2v) is 3.79. The van der Waals surface area contributed by atoms with Crippen molar-refractivity contribution in [1.29, 1.82) is 0 Å². The number of hydrogen-bond acceptors (Lipinski definition) is 3. The van der Waals surface area contributed by atoms with Crippen molar-refractivity contribution in [1.82, 2.24) is 9.97 Å². The average molecular weight is 232 g/mol. The summed E-state index contributed by atoms with van der Waals surface area (Å²) in [4.78, 5) is 7.23. The third-order valence-corrected chi connectivity index (χ3v) is 2.40. The Morgan fingerprint density at radius 3 is 2.65 bits per heavy atom. The molecule has 1 aromatic heterocycles. The highest BCUT2D eigenvalue weighted by Gasteiger charge is 2.03. The predicted molar refractivity (Wildman–Crippen MR) is 65.7 cm³/mol. The summed E-state index contributed by atoms with van der Waals surface area (Å²) in [5.41, 5.74) is 1.69. The number of nitrogens with one attached hydrogen (secondary N) is 1. The SMILES string of the molecule is CCCOc1ccc(-c2ncc(CO)[nH]2)cc1. The van der Waals surface area contributed by atoms with Gasteiger partial charge in [0.1, 0.15) is 11.6 Å². The van der Waals surface area contributed by atoms with Gasteiger partial charge in [-0.1, -0.05) is 6.92 Å². The number of rotatable bonds is 5. The van der Waals surface area contributed by atoms with Gasteiger partial charge in [0.2, 0.25) is 0 Å². The zero-order valence-corrected chi connectivity index (χ0v) is 9.81. The van der Waals surface area contributed by atoms with Crippen LogP contribution in [0.4, 0.5) is 0 Å². The molecule has 0 atom stereocenters. The van der Waals surface area contributed by atoms with Gasteiger partial charge in [-0.05, 0) is 30.7 Å². The van der Waals surface area contributed by atoms with Gasteiger partial charge in [-0.2, -0.15) is 0 Å². The molecular weight excluding hydrogens is 216 g/mol. The Labute approximate surface area is 100 Å². The van der Waals surface area contributed by atoms with Gasteiger partial charge in [0.25, 0.3) is 0 Å². The summed E-state index contributed by atoms with van der Waals surface area (Å²) < 4.78 is 5.50. The number of benzene rings is 1.